The zero-order valence-corrected chi connectivity index (χ0v) is 79.8. The van der Waals surface area contributed by atoms with Crippen LogP contribution in [0.3, 0.4) is 0 Å². The number of aromatic nitrogens is 15. The van der Waals surface area contributed by atoms with E-state index in [2.05, 4.69) is 143 Å². The third kappa shape index (κ3) is 15.1. The SMILES string of the molecule is [2H]c1c([2H])c([2H])c(-c2ccc(-n3c4ccccc4c4c3ccc3c5ccccc5n(-c5nc(-c6ccccc6)nc(-c6ccccc6)n5)c34)cc2)c([2H])c1[2H].[2H]c1c([2H])c([2H])c(-c2cccc(-n3c4ccccc4c4c3ccc3c5ccccc5n(-c5nc(-c6ccccc6)nc(-c6ccccc6)n5)c34)c2)c([2H])c1[2H].[2H]c1c([2H])c([2H])c(-c2ccccc2-n2c3ccccc3c3c2ccc2c4ccccc4n(-c4nc(-c5ccccc5)nc(-c5ccccc5)n4)c23)c([2H])c1[2H]. The van der Waals surface area contributed by atoms with Crippen LogP contribution < -0.4 is 0 Å². The molecule has 0 atom stereocenters. The molecule has 30 aromatic rings. The van der Waals surface area contributed by atoms with Gasteiger partial charge < -0.3 is 13.7 Å². The largest absolute Gasteiger partial charge is 0.309 e. The van der Waals surface area contributed by atoms with Crippen LogP contribution in [0.1, 0.15) is 20.6 Å². The van der Waals surface area contributed by atoms with Crippen LogP contribution in [-0.2, 0) is 0 Å². The van der Waals surface area contributed by atoms with E-state index >= 15 is 0 Å². The van der Waals surface area contributed by atoms with Gasteiger partial charge in [-0.3, -0.25) is 13.7 Å². The highest BCUT2D eigenvalue weighted by Crippen LogP contribution is 2.49. The first-order valence-corrected chi connectivity index (χ1v) is 49.2. The number of fused-ring (bicyclic) bond motifs is 21. The van der Waals surface area contributed by atoms with Crippen molar-refractivity contribution in [2.24, 2.45) is 0 Å². The summed E-state index contributed by atoms with van der Waals surface area (Å²) >= 11 is 0. The highest BCUT2D eigenvalue weighted by atomic mass is 15.2. The first-order chi connectivity index (χ1) is 80.7. The molecular weight excluding hydrogens is 1830 g/mol. The smallest absolute Gasteiger partial charge is 0.238 e. The number of hydrogen-bond acceptors (Lipinski definition) is 9. The van der Waals surface area contributed by atoms with E-state index in [1.165, 1.54) is 0 Å². The number of hydrogen-bond donors (Lipinski definition) is 0. The summed E-state index contributed by atoms with van der Waals surface area (Å²) in [7, 11) is 0. The Bertz CT molecular complexity index is 11200. The molecule has 0 saturated heterocycles. The molecule has 0 aliphatic carbocycles. The van der Waals surface area contributed by atoms with Gasteiger partial charge in [-0.05, 0) is 113 Å². The Kier molecular flexibility index (Phi) is 17.9. The van der Waals surface area contributed by atoms with Gasteiger partial charge in [0.2, 0.25) is 17.8 Å². The number of benzene rings is 21. The van der Waals surface area contributed by atoms with Gasteiger partial charge in [-0.2, -0.15) is 29.9 Å². The first kappa shape index (κ1) is 72.7. The topological polar surface area (TPSA) is 146 Å². The lowest BCUT2D eigenvalue weighted by atomic mass is 10.0. The Morgan fingerprint density at radius 3 is 0.767 bits per heavy atom. The summed E-state index contributed by atoms with van der Waals surface area (Å²) in [6.07, 6.45) is 0. The first-order valence-electron chi connectivity index (χ1n) is 56.7. The third-order valence-electron chi connectivity index (χ3n) is 27.8. The molecule has 0 N–H and O–H groups in total. The zero-order valence-electron chi connectivity index (χ0n) is 94.8. The van der Waals surface area contributed by atoms with E-state index in [0.29, 0.717) is 75.2 Å². The molecule has 15 nitrogen and oxygen atoms in total. The van der Waals surface area contributed by atoms with Crippen molar-refractivity contribution in [3.63, 3.8) is 0 Å². The van der Waals surface area contributed by atoms with Gasteiger partial charge in [-0.25, -0.2) is 15.0 Å². The van der Waals surface area contributed by atoms with Crippen molar-refractivity contribution >= 4 is 131 Å². The fourth-order valence-electron chi connectivity index (χ4n) is 21.3. The Labute approximate surface area is 882 Å². The summed E-state index contributed by atoms with van der Waals surface area (Å²) in [6.45, 7) is 0. The molecular formula is C135H87N15. The molecule has 0 bridgehead atoms. The zero-order chi connectivity index (χ0) is 112. The molecule has 150 heavy (non-hydrogen) atoms. The quantitative estimate of drug-likeness (QED) is 0.0979. The average molecular weight is 1930 g/mol. The third-order valence-corrected chi connectivity index (χ3v) is 27.8. The molecule has 15 heteroatoms. The summed E-state index contributed by atoms with van der Waals surface area (Å²) in [6, 6.07) is 140. The van der Waals surface area contributed by atoms with E-state index in [4.69, 9.17) is 65.4 Å². The van der Waals surface area contributed by atoms with Crippen LogP contribution in [0.25, 0.3) is 267 Å². The molecule has 30 rings (SSSR count). The molecule has 702 valence electrons. The minimum atomic E-state index is -0.424. The maximum absolute atomic E-state index is 8.87. The van der Waals surface area contributed by atoms with Gasteiger partial charge in [0.1, 0.15) is 0 Å². The monoisotopic (exact) mass is 1930 g/mol. The number of rotatable bonds is 15. The molecule has 0 radical (unpaired) electrons. The second-order valence-corrected chi connectivity index (χ2v) is 36.3. The van der Waals surface area contributed by atoms with E-state index in [1.807, 2.05) is 315 Å². The Morgan fingerprint density at radius 1 is 0.153 bits per heavy atom. The summed E-state index contributed by atoms with van der Waals surface area (Å²) in [5.74, 6) is 4.85. The van der Waals surface area contributed by atoms with Crippen LogP contribution in [0.5, 0.6) is 0 Å². The molecule has 9 heterocycles. The van der Waals surface area contributed by atoms with Crippen LogP contribution in [0.2, 0.25) is 0 Å². The van der Waals surface area contributed by atoms with Crippen LogP contribution in [0.15, 0.2) is 527 Å². The standard InChI is InChI=1S/3C45H29N5/c1-4-16-30(17-5-1)33-22-10-13-25-37(33)49-39-27-15-12-24-36(39)41-40(49)29-28-35-34-23-11-14-26-38(34)50(42(35)41)45-47-43(31-18-6-2-7-19-31)46-44(48-45)32-20-8-3-9-21-32;1-4-15-30(16-5-1)33-21-14-22-34(29-33)49-39-26-13-11-24-37(39)41-40(49)28-27-36-35-23-10-12-25-38(35)50(42(36)41)45-47-43(31-17-6-2-7-18-31)46-44(48-45)32-19-8-3-9-20-32;1-4-14-30(15-5-1)31-24-26-34(27-25-31)49-39-23-13-11-21-37(39)41-40(49)29-28-36-35-20-10-12-22-38(35)50(42(36)41)45-47-43(32-16-6-2-7-17-32)46-44(48-45)33-18-8-3-9-19-33/h3*1-29H/i1D,4D,5D,16D,17D;1D,4D,5D,15D,16D;1D,4D,5D,14D,15D. The summed E-state index contributed by atoms with van der Waals surface area (Å²) in [5, 5.41) is 12.3. The molecule has 0 spiro atoms. The Hall–Kier alpha value is -20.6. The van der Waals surface area contributed by atoms with Crippen molar-refractivity contribution in [3.8, 4) is 137 Å². The van der Waals surface area contributed by atoms with Crippen molar-refractivity contribution in [1.29, 1.82) is 0 Å². The van der Waals surface area contributed by atoms with Crippen molar-refractivity contribution in [2.45, 2.75) is 0 Å². The van der Waals surface area contributed by atoms with Crippen LogP contribution in [-0.4, -0.2) is 72.3 Å². The lowest BCUT2D eigenvalue weighted by Gasteiger charge is -2.14. The highest BCUT2D eigenvalue weighted by molar-refractivity contribution is 6.29. The molecule has 0 amide bonds. The number of nitrogens with zero attached hydrogens (tertiary/aromatic N) is 15. The van der Waals surface area contributed by atoms with E-state index in [-0.39, 0.29) is 89.2 Å². The van der Waals surface area contributed by atoms with Gasteiger partial charge in [0.25, 0.3) is 0 Å². The fraction of sp³-hybridized carbons (Fsp3) is 0. The van der Waals surface area contributed by atoms with Crippen LogP contribution in [0.4, 0.5) is 0 Å². The second-order valence-electron chi connectivity index (χ2n) is 36.3. The molecule has 21 aromatic carbocycles. The summed E-state index contributed by atoms with van der Waals surface area (Å²) in [4.78, 5) is 45.8. The van der Waals surface area contributed by atoms with Crippen molar-refractivity contribution in [1.82, 2.24) is 72.3 Å². The minimum absolute atomic E-state index is 0.148. The highest BCUT2D eigenvalue weighted by Gasteiger charge is 2.30. The summed E-state index contributed by atoms with van der Waals surface area (Å²) < 4.78 is 139. The molecule has 9 aromatic heterocycles. The van der Waals surface area contributed by atoms with E-state index in [9.17, 15) is 0 Å². The van der Waals surface area contributed by atoms with Gasteiger partial charge in [0, 0.05) is 115 Å². The van der Waals surface area contributed by atoms with Crippen LogP contribution in [0, 0.1) is 0 Å². The van der Waals surface area contributed by atoms with Gasteiger partial charge in [-0.1, -0.05) is 442 Å². The fourth-order valence-corrected chi connectivity index (χ4v) is 21.3. The van der Waals surface area contributed by atoms with E-state index in [0.717, 1.165) is 176 Å². The van der Waals surface area contributed by atoms with Gasteiger partial charge >= 0.3 is 0 Å². The molecule has 0 unspecified atom stereocenters. The lowest BCUT2D eigenvalue weighted by molar-refractivity contribution is 0.955. The maximum Gasteiger partial charge on any atom is 0.238 e. The van der Waals surface area contributed by atoms with E-state index in [1.54, 1.807) is 6.07 Å². The van der Waals surface area contributed by atoms with Crippen molar-refractivity contribution < 1.29 is 20.6 Å². The molecule has 0 aliphatic heterocycles. The average Bonchev–Trinajstić information content (AvgIpc) is 1.55. The van der Waals surface area contributed by atoms with E-state index < -0.39 is 18.1 Å². The van der Waals surface area contributed by atoms with Crippen molar-refractivity contribution in [3.05, 3.63) is 527 Å². The normalized spacial score (nSPS) is 13.0. The molecule has 0 fully saturated rings. The van der Waals surface area contributed by atoms with Gasteiger partial charge in [0.15, 0.2) is 34.9 Å². The van der Waals surface area contributed by atoms with Gasteiger partial charge in [0.05, 0.1) is 92.4 Å². The van der Waals surface area contributed by atoms with Crippen LogP contribution >= 0.6 is 0 Å². The molecule has 0 aliphatic rings. The second kappa shape index (κ2) is 37.0. The van der Waals surface area contributed by atoms with Crippen molar-refractivity contribution in [2.75, 3.05) is 0 Å². The maximum atomic E-state index is 8.87. The van der Waals surface area contributed by atoms with Gasteiger partial charge in [-0.15, -0.1) is 0 Å². The predicted molar refractivity (Wildman–Crippen MR) is 614 cm³/mol. The Balaban J connectivity index is 0.000000116. The molecule has 0 saturated carbocycles. The predicted octanol–water partition coefficient (Wildman–Crippen LogP) is 33.2. The Morgan fingerprint density at radius 2 is 0.420 bits per heavy atom. The lowest BCUT2D eigenvalue weighted by Crippen LogP contribution is -2.06. The minimum Gasteiger partial charge on any atom is -0.309 e. The summed E-state index contributed by atoms with van der Waals surface area (Å²) in [5.41, 5.74) is 21.0. The number of para-hydroxylation sites is 7.